The zero-order valence-corrected chi connectivity index (χ0v) is 13.7. The van der Waals surface area contributed by atoms with Crippen LogP contribution in [-0.4, -0.2) is 18.0 Å². The van der Waals surface area contributed by atoms with Crippen molar-refractivity contribution in [1.29, 1.82) is 0 Å². The number of aliphatic imine (C=N–C) groups is 1. The smallest absolute Gasteiger partial charge is 1.00 e. The van der Waals surface area contributed by atoms with Crippen LogP contribution in [0.2, 0.25) is 0 Å². The van der Waals surface area contributed by atoms with Crippen LogP contribution in [0.1, 0.15) is 39.5 Å². The van der Waals surface area contributed by atoms with Gasteiger partial charge in [0.15, 0.2) is 6.40 Å². The Bertz CT molecular complexity index is 206. The van der Waals surface area contributed by atoms with Crippen molar-refractivity contribution in [3.63, 3.8) is 0 Å². The van der Waals surface area contributed by atoms with Crippen LogP contribution < -0.4 is 34.0 Å². The van der Waals surface area contributed by atoms with Crippen molar-refractivity contribution in [1.82, 2.24) is 0 Å². The molecule has 1 atom stereocenters. The fourth-order valence-corrected chi connectivity index (χ4v) is 2.57. The summed E-state index contributed by atoms with van der Waals surface area (Å²) in [5.74, 6) is 0.613. The van der Waals surface area contributed by atoms with E-state index in [1.54, 1.807) is 6.40 Å². The summed E-state index contributed by atoms with van der Waals surface area (Å²) in [6.07, 6.45) is 6.71. The average molecular weight is 433 g/mol. The summed E-state index contributed by atoms with van der Waals surface area (Å²) in [7, 11) is 0. The molecule has 1 fully saturated rings. The molecule has 2 rings (SSSR count). The first-order valence-electron chi connectivity index (χ1n) is 4.94. The predicted octanol–water partition coefficient (Wildman–Crippen LogP) is -3.61. The molecule has 0 unspecified atom stereocenters. The molecular weight excluding hydrogens is 416 g/mol. The van der Waals surface area contributed by atoms with E-state index in [-0.39, 0.29) is 60.0 Å². The second-order valence-corrected chi connectivity index (χ2v) is 4.33. The van der Waals surface area contributed by atoms with Gasteiger partial charge in [0.05, 0.1) is 6.04 Å². The average Bonchev–Trinajstić information content (AvgIpc) is 2.61. The third kappa shape index (κ3) is 3.52. The second kappa shape index (κ2) is 7.42. The van der Waals surface area contributed by atoms with Crippen LogP contribution in [-0.2, 0) is 25.2 Å². The van der Waals surface area contributed by atoms with E-state index in [2.05, 4.69) is 18.8 Å². The Morgan fingerprint density at radius 2 is 1.80 bits per heavy atom. The van der Waals surface area contributed by atoms with Crippen molar-refractivity contribution in [2.75, 3.05) is 0 Å². The minimum Gasteiger partial charge on any atom is -1.00 e. The van der Waals surface area contributed by atoms with Gasteiger partial charge in [-0.1, -0.05) is 13.8 Å². The molecule has 0 bridgehead atoms. The van der Waals surface area contributed by atoms with Crippen molar-refractivity contribution >= 4 is 6.40 Å². The number of hydrogen-bond donors (Lipinski definition) is 0. The summed E-state index contributed by atoms with van der Waals surface area (Å²) in [6, 6.07) is 0.417. The Labute approximate surface area is 127 Å². The maximum atomic E-state index is 5.68. The predicted molar refractivity (Wildman–Crippen MR) is 49.4 cm³/mol. The van der Waals surface area contributed by atoms with E-state index in [0.29, 0.717) is 12.0 Å². The summed E-state index contributed by atoms with van der Waals surface area (Å²) >= 11 is 0. The molecule has 0 amide bonds. The molecule has 0 aromatic heterocycles. The van der Waals surface area contributed by atoms with Crippen molar-refractivity contribution in [2.45, 2.75) is 51.2 Å². The second-order valence-electron chi connectivity index (χ2n) is 4.33. The third-order valence-electron chi connectivity index (χ3n) is 3.13. The first-order valence-corrected chi connectivity index (χ1v) is 4.94. The summed E-state index contributed by atoms with van der Waals surface area (Å²) in [4.78, 5) is 4.42. The van der Waals surface area contributed by atoms with Crippen LogP contribution in [0.25, 0.3) is 0 Å². The maximum Gasteiger partial charge on any atom is 2.00 e. The molecule has 1 saturated carbocycles. The summed E-state index contributed by atoms with van der Waals surface area (Å²) < 4.78 is 5.68. The fraction of sp³-hybridized carbons (Fsp3) is 0.900. The van der Waals surface area contributed by atoms with Crippen LogP contribution in [0.5, 0.6) is 0 Å². The number of hydrogen-bond acceptors (Lipinski definition) is 2. The van der Waals surface area contributed by atoms with E-state index in [4.69, 9.17) is 4.74 Å². The normalized spacial score (nSPS) is 25.4. The van der Waals surface area contributed by atoms with Gasteiger partial charge in [0, 0.05) is 0 Å². The Hall–Kier alpha value is 1.09. The molecule has 1 heterocycles. The van der Waals surface area contributed by atoms with Crippen molar-refractivity contribution < 1.29 is 59.1 Å². The Kier molecular flexibility index (Phi) is 9.14. The van der Waals surface area contributed by atoms with Crippen LogP contribution in [0.4, 0.5) is 0 Å². The van der Waals surface area contributed by atoms with Crippen molar-refractivity contribution in [2.24, 2.45) is 10.9 Å². The first kappa shape index (κ1) is 18.5. The van der Waals surface area contributed by atoms with Crippen LogP contribution in [0.15, 0.2) is 4.99 Å². The van der Waals surface area contributed by atoms with E-state index in [0.717, 1.165) is 0 Å². The van der Waals surface area contributed by atoms with Gasteiger partial charge in [0.1, 0.15) is 5.60 Å². The van der Waals surface area contributed by atoms with Gasteiger partial charge < -0.3 is 38.7 Å². The molecule has 92 valence electrons. The van der Waals surface area contributed by atoms with Gasteiger partial charge in [-0.15, -0.1) is 0 Å². The van der Waals surface area contributed by atoms with Gasteiger partial charge >= 0.3 is 20.4 Å². The van der Waals surface area contributed by atoms with Gasteiger partial charge in [0.2, 0.25) is 0 Å². The minimum atomic E-state index is 0. The molecular formula is C10H17Br2NOPd. The quantitative estimate of drug-likeness (QED) is 0.392. The number of ether oxygens (including phenoxy) is 1. The third-order valence-corrected chi connectivity index (χ3v) is 3.13. The molecule has 0 saturated heterocycles. The van der Waals surface area contributed by atoms with E-state index in [9.17, 15) is 0 Å². The van der Waals surface area contributed by atoms with E-state index >= 15 is 0 Å². The molecule has 2 nitrogen and oxygen atoms in total. The molecule has 0 aromatic rings. The molecule has 5 heteroatoms. The summed E-state index contributed by atoms with van der Waals surface area (Å²) in [6.45, 7) is 4.47. The fourth-order valence-electron chi connectivity index (χ4n) is 2.57. The SMILES string of the molecule is CC(C)[C@H]1N=COC12CCCC2.[Br-].[Br-].[Pd+2]. The molecule has 0 aromatic carbocycles. The van der Waals surface area contributed by atoms with E-state index in [1.165, 1.54) is 25.7 Å². The Balaban J connectivity index is 0. The Morgan fingerprint density at radius 3 is 2.27 bits per heavy atom. The van der Waals surface area contributed by atoms with E-state index in [1.807, 2.05) is 0 Å². The van der Waals surface area contributed by atoms with Gasteiger partial charge in [-0.05, 0) is 31.6 Å². The molecule has 1 spiro atoms. The van der Waals surface area contributed by atoms with Crippen molar-refractivity contribution in [3.8, 4) is 0 Å². The standard InChI is InChI=1S/C10H17NO.2BrH.Pd/c1-8(2)9-10(12-7-11-9)5-3-4-6-10;;;/h7-9H,3-6H2,1-2H3;2*1H;/q;;;+2/p-2/t9-;;;/m1.../s1. The molecule has 1 aliphatic heterocycles. The first-order chi connectivity index (χ1) is 5.75. The Morgan fingerprint density at radius 1 is 1.27 bits per heavy atom. The molecule has 0 radical (unpaired) electrons. The van der Waals surface area contributed by atoms with E-state index < -0.39 is 0 Å². The zero-order chi connectivity index (χ0) is 8.60. The van der Waals surface area contributed by atoms with Crippen LogP contribution in [0, 0.1) is 5.92 Å². The number of nitrogens with zero attached hydrogens (tertiary/aromatic N) is 1. The maximum absolute atomic E-state index is 5.68. The van der Waals surface area contributed by atoms with Crippen LogP contribution >= 0.6 is 0 Å². The largest absolute Gasteiger partial charge is 2.00 e. The summed E-state index contributed by atoms with van der Waals surface area (Å²) in [5.41, 5.74) is 0.105. The number of rotatable bonds is 1. The monoisotopic (exact) mass is 431 g/mol. The molecule has 0 N–H and O–H groups in total. The zero-order valence-electron chi connectivity index (χ0n) is 8.99. The topological polar surface area (TPSA) is 21.6 Å². The molecule has 2 aliphatic rings. The van der Waals surface area contributed by atoms with Gasteiger partial charge in [-0.3, -0.25) is 4.99 Å². The van der Waals surface area contributed by atoms with Gasteiger partial charge in [0.25, 0.3) is 0 Å². The van der Waals surface area contributed by atoms with Gasteiger partial charge in [-0.2, -0.15) is 0 Å². The summed E-state index contributed by atoms with van der Waals surface area (Å²) in [5, 5.41) is 0. The van der Waals surface area contributed by atoms with Crippen LogP contribution in [0.3, 0.4) is 0 Å². The molecule has 15 heavy (non-hydrogen) atoms. The van der Waals surface area contributed by atoms with Gasteiger partial charge in [-0.25, -0.2) is 0 Å². The van der Waals surface area contributed by atoms with Crippen molar-refractivity contribution in [3.05, 3.63) is 0 Å². The number of halogens is 2. The molecule has 1 aliphatic carbocycles. The minimum absolute atomic E-state index is 0.